The number of benzene rings is 1. The Bertz CT molecular complexity index is 1010. The molecule has 0 saturated carbocycles. The van der Waals surface area contributed by atoms with Crippen LogP contribution in [0.3, 0.4) is 0 Å². The lowest BCUT2D eigenvalue weighted by Crippen LogP contribution is -2.30. The minimum atomic E-state index is -1.02. The van der Waals surface area contributed by atoms with Crippen LogP contribution in [-0.2, 0) is 14.3 Å². The Kier molecular flexibility index (Phi) is 6.54. The number of carbonyl (C=O) groups is 3. The van der Waals surface area contributed by atoms with Crippen LogP contribution >= 0.6 is 11.3 Å². The summed E-state index contributed by atoms with van der Waals surface area (Å²) in [5.74, 6) is -0.0797. The molecule has 9 heteroatoms. The first-order chi connectivity index (χ1) is 14.5. The number of fused-ring (bicyclic) bond motifs is 1. The maximum absolute atomic E-state index is 12.6. The molecule has 3 rings (SSSR count). The molecule has 0 fully saturated rings. The van der Waals surface area contributed by atoms with E-state index in [4.69, 9.17) is 14.2 Å². The number of amides is 2. The lowest BCUT2D eigenvalue weighted by Gasteiger charge is -2.19. The summed E-state index contributed by atoms with van der Waals surface area (Å²) in [5.41, 5.74) is 0.620. The average molecular weight is 447 g/mol. The zero-order valence-corrected chi connectivity index (χ0v) is 19.0. The standard InChI is InChI=1S/C22H26N2O6S/c1-12-10-17(24-21(27)22(3,4)5)31-18(12)20(26)30-13(2)19(25)23-14-6-7-15-16(11-14)29-9-8-28-15/h6-7,10-11,13H,8-9H2,1-5H3,(H,23,25)(H,24,27). The van der Waals surface area contributed by atoms with E-state index in [0.29, 0.717) is 45.8 Å². The van der Waals surface area contributed by atoms with E-state index in [1.807, 2.05) is 0 Å². The van der Waals surface area contributed by atoms with Gasteiger partial charge in [0.15, 0.2) is 17.6 Å². The van der Waals surface area contributed by atoms with Crippen LogP contribution in [0.15, 0.2) is 24.3 Å². The van der Waals surface area contributed by atoms with Gasteiger partial charge >= 0.3 is 5.97 Å². The van der Waals surface area contributed by atoms with Gasteiger partial charge in [0.25, 0.3) is 5.91 Å². The SMILES string of the molecule is Cc1cc(NC(=O)C(C)(C)C)sc1C(=O)OC(C)C(=O)Nc1ccc2c(c1)OCCO2. The van der Waals surface area contributed by atoms with Crippen molar-refractivity contribution in [3.05, 3.63) is 34.7 Å². The summed E-state index contributed by atoms with van der Waals surface area (Å²) in [5, 5.41) is 6.06. The molecule has 1 atom stereocenters. The molecule has 31 heavy (non-hydrogen) atoms. The summed E-state index contributed by atoms with van der Waals surface area (Å²) in [6.07, 6.45) is -1.02. The van der Waals surface area contributed by atoms with Gasteiger partial charge in [0.1, 0.15) is 18.1 Å². The first-order valence-corrected chi connectivity index (χ1v) is 10.7. The Morgan fingerprint density at radius 1 is 1.06 bits per heavy atom. The fourth-order valence-electron chi connectivity index (χ4n) is 2.68. The smallest absolute Gasteiger partial charge is 0.349 e. The molecule has 2 N–H and O–H groups in total. The maximum Gasteiger partial charge on any atom is 0.349 e. The normalized spacial score (nSPS) is 13.8. The summed E-state index contributed by atoms with van der Waals surface area (Å²) < 4.78 is 16.3. The van der Waals surface area contributed by atoms with Gasteiger partial charge < -0.3 is 24.8 Å². The van der Waals surface area contributed by atoms with Gasteiger partial charge in [-0.2, -0.15) is 0 Å². The van der Waals surface area contributed by atoms with Gasteiger partial charge in [-0.05, 0) is 37.6 Å². The number of anilines is 2. The van der Waals surface area contributed by atoms with E-state index in [0.717, 1.165) is 11.3 Å². The summed E-state index contributed by atoms with van der Waals surface area (Å²) in [6.45, 7) is 9.59. The first kappa shape index (κ1) is 22.6. The van der Waals surface area contributed by atoms with Crippen molar-refractivity contribution in [2.45, 2.75) is 40.7 Å². The molecule has 0 saturated heterocycles. The molecule has 0 bridgehead atoms. The van der Waals surface area contributed by atoms with Gasteiger partial charge in [0.05, 0.1) is 5.00 Å². The average Bonchev–Trinajstić information content (AvgIpc) is 3.07. The number of hydrogen-bond donors (Lipinski definition) is 2. The van der Waals surface area contributed by atoms with E-state index < -0.39 is 23.4 Å². The predicted octanol–water partition coefficient (Wildman–Crippen LogP) is 4.00. The third-order valence-corrected chi connectivity index (χ3v) is 5.62. The minimum Gasteiger partial charge on any atom is -0.486 e. The lowest BCUT2D eigenvalue weighted by atomic mass is 9.96. The number of aryl methyl sites for hydroxylation is 1. The Labute approximate surface area is 184 Å². The molecule has 0 radical (unpaired) electrons. The van der Waals surface area contributed by atoms with Crippen LogP contribution in [0.1, 0.15) is 42.9 Å². The van der Waals surface area contributed by atoms with Crippen LogP contribution in [0.4, 0.5) is 10.7 Å². The van der Waals surface area contributed by atoms with Crippen molar-refractivity contribution >= 4 is 39.8 Å². The Morgan fingerprint density at radius 2 is 1.74 bits per heavy atom. The number of carbonyl (C=O) groups excluding carboxylic acids is 3. The number of ether oxygens (including phenoxy) is 3. The molecule has 1 aliphatic heterocycles. The Balaban J connectivity index is 1.61. The van der Waals surface area contributed by atoms with Crippen LogP contribution in [0.5, 0.6) is 11.5 Å². The van der Waals surface area contributed by atoms with E-state index in [-0.39, 0.29) is 5.91 Å². The van der Waals surface area contributed by atoms with Gasteiger partial charge in [0, 0.05) is 17.2 Å². The van der Waals surface area contributed by atoms with Crippen molar-refractivity contribution in [3.63, 3.8) is 0 Å². The molecular weight excluding hydrogens is 420 g/mol. The second-order valence-electron chi connectivity index (χ2n) is 8.22. The van der Waals surface area contributed by atoms with Crippen LogP contribution in [0.2, 0.25) is 0 Å². The fraction of sp³-hybridized carbons (Fsp3) is 0.409. The molecule has 2 heterocycles. The third-order valence-electron chi connectivity index (χ3n) is 4.48. The highest BCUT2D eigenvalue weighted by Gasteiger charge is 2.25. The van der Waals surface area contributed by atoms with E-state index in [2.05, 4.69) is 10.6 Å². The van der Waals surface area contributed by atoms with Crippen LogP contribution < -0.4 is 20.1 Å². The second kappa shape index (κ2) is 8.97. The van der Waals surface area contributed by atoms with E-state index in [9.17, 15) is 14.4 Å². The quantitative estimate of drug-likeness (QED) is 0.673. The number of hydrogen-bond acceptors (Lipinski definition) is 7. The van der Waals surface area contributed by atoms with E-state index in [1.165, 1.54) is 6.92 Å². The van der Waals surface area contributed by atoms with Crippen molar-refractivity contribution in [1.29, 1.82) is 0 Å². The van der Waals surface area contributed by atoms with Crippen LogP contribution in [0.25, 0.3) is 0 Å². The summed E-state index contributed by atoms with van der Waals surface area (Å²) >= 11 is 1.12. The molecule has 0 aliphatic carbocycles. The van der Waals surface area contributed by atoms with Gasteiger partial charge in [-0.1, -0.05) is 20.8 Å². The van der Waals surface area contributed by atoms with Crippen molar-refractivity contribution in [1.82, 2.24) is 0 Å². The van der Waals surface area contributed by atoms with Gasteiger partial charge in [0.2, 0.25) is 5.91 Å². The highest BCUT2D eigenvalue weighted by atomic mass is 32.1. The highest BCUT2D eigenvalue weighted by molar-refractivity contribution is 7.18. The van der Waals surface area contributed by atoms with Crippen LogP contribution in [0, 0.1) is 12.3 Å². The monoisotopic (exact) mass is 446 g/mol. The van der Waals surface area contributed by atoms with Gasteiger partial charge in [-0.3, -0.25) is 9.59 Å². The van der Waals surface area contributed by atoms with E-state index in [1.54, 1.807) is 52.0 Å². The Morgan fingerprint density at radius 3 is 2.42 bits per heavy atom. The van der Waals surface area contributed by atoms with Crippen LogP contribution in [-0.4, -0.2) is 37.1 Å². The predicted molar refractivity (Wildman–Crippen MR) is 118 cm³/mol. The zero-order chi connectivity index (χ0) is 22.8. The fourth-order valence-corrected chi connectivity index (χ4v) is 3.63. The number of rotatable bonds is 5. The lowest BCUT2D eigenvalue weighted by molar-refractivity contribution is -0.124. The minimum absolute atomic E-state index is 0.152. The van der Waals surface area contributed by atoms with Crippen molar-refractivity contribution in [2.75, 3.05) is 23.8 Å². The summed E-state index contributed by atoms with van der Waals surface area (Å²) in [4.78, 5) is 37.6. The van der Waals surface area contributed by atoms with Gasteiger partial charge in [-0.25, -0.2) is 4.79 Å². The molecule has 8 nitrogen and oxygen atoms in total. The van der Waals surface area contributed by atoms with Crippen molar-refractivity contribution < 1.29 is 28.6 Å². The summed E-state index contributed by atoms with van der Waals surface area (Å²) in [6, 6.07) is 6.77. The number of nitrogens with one attached hydrogen (secondary N) is 2. The molecule has 1 aromatic carbocycles. The zero-order valence-electron chi connectivity index (χ0n) is 18.2. The second-order valence-corrected chi connectivity index (χ2v) is 9.27. The number of thiophene rings is 1. The maximum atomic E-state index is 12.6. The summed E-state index contributed by atoms with van der Waals surface area (Å²) in [7, 11) is 0. The first-order valence-electron chi connectivity index (χ1n) is 9.88. The van der Waals surface area contributed by atoms with Crippen molar-refractivity contribution in [3.8, 4) is 11.5 Å². The highest BCUT2D eigenvalue weighted by Crippen LogP contribution is 2.33. The number of esters is 1. The van der Waals surface area contributed by atoms with E-state index >= 15 is 0 Å². The molecule has 0 spiro atoms. The molecule has 1 aliphatic rings. The molecule has 166 valence electrons. The Hall–Kier alpha value is -3.07. The molecule has 2 amide bonds. The molecule has 1 unspecified atom stereocenters. The van der Waals surface area contributed by atoms with Gasteiger partial charge in [-0.15, -0.1) is 11.3 Å². The third kappa shape index (κ3) is 5.55. The molecule has 2 aromatic rings. The topological polar surface area (TPSA) is 103 Å². The largest absolute Gasteiger partial charge is 0.486 e. The van der Waals surface area contributed by atoms with Crippen molar-refractivity contribution in [2.24, 2.45) is 5.41 Å². The molecule has 1 aromatic heterocycles. The molecular formula is C22H26N2O6S.